The number of carbonyl (C=O) groups is 2. The van der Waals surface area contributed by atoms with E-state index in [9.17, 15) is 9.59 Å². The summed E-state index contributed by atoms with van der Waals surface area (Å²) in [6, 6.07) is 14.7. The van der Waals surface area contributed by atoms with Crippen LogP contribution in [0.3, 0.4) is 0 Å². The standard InChI is InChI=1S/C21H24BrN3O3S/c1-14(2)13-28-18-10-9-16(12-17(18)22)20(27)23-21(29)25-24-19(26)11-8-15-6-4-3-5-7-15/h3-7,9-10,12,14H,8,11,13H2,1-2H3,(H,24,26)(H2,23,25,27,29). The number of thiocarbonyl (C=S) groups is 1. The number of rotatable bonds is 7. The Morgan fingerprint density at radius 3 is 2.48 bits per heavy atom. The van der Waals surface area contributed by atoms with Crippen molar-refractivity contribution >= 4 is 45.1 Å². The molecule has 0 atom stereocenters. The molecule has 29 heavy (non-hydrogen) atoms. The molecule has 0 unspecified atom stereocenters. The first-order valence-corrected chi connectivity index (χ1v) is 10.4. The van der Waals surface area contributed by atoms with Crippen LogP contribution >= 0.6 is 28.1 Å². The van der Waals surface area contributed by atoms with Gasteiger partial charge in [0.15, 0.2) is 5.11 Å². The number of halogens is 1. The summed E-state index contributed by atoms with van der Waals surface area (Å²) in [5, 5.41) is 2.54. The molecule has 0 aliphatic rings. The summed E-state index contributed by atoms with van der Waals surface area (Å²) < 4.78 is 6.35. The first kappa shape index (κ1) is 22.8. The second-order valence-electron chi connectivity index (χ2n) is 6.79. The summed E-state index contributed by atoms with van der Waals surface area (Å²) in [5.74, 6) is 0.454. The van der Waals surface area contributed by atoms with Gasteiger partial charge in [0.1, 0.15) is 5.75 Å². The van der Waals surface area contributed by atoms with Crippen LogP contribution in [0.2, 0.25) is 0 Å². The lowest BCUT2D eigenvalue weighted by molar-refractivity contribution is -0.121. The Balaban J connectivity index is 1.77. The van der Waals surface area contributed by atoms with E-state index in [1.165, 1.54) is 0 Å². The molecular formula is C21H24BrN3O3S. The van der Waals surface area contributed by atoms with E-state index in [0.717, 1.165) is 5.56 Å². The molecule has 8 heteroatoms. The van der Waals surface area contributed by atoms with Gasteiger partial charge in [0.25, 0.3) is 5.91 Å². The molecular weight excluding hydrogens is 454 g/mol. The van der Waals surface area contributed by atoms with E-state index in [1.54, 1.807) is 18.2 Å². The van der Waals surface area contributed by atoms with Crippen LogP contribution in [0.25, 0.3) is 0 Å². The lowest BCUT2D eigenvalue weighted by Gasteiger charge is -2.13. The minimum Gasteiger partial charge on any atom is -0.492 e. The van der Waals surface area contributed by atoms with Crippen LogP contribution in [0.5, 0.6) is 5.75 Å². The number of hydrazine groups is 1. The van der Waals surface area contributed by atoms with Crippen LogP contribution < -0.4 is 20.9 Å². The molecule has 0 saturated carbocycles. The molecule has 0 spiro atoms. The summed E-state index contributed by atoms with van der Waals surface area (Å²) in [4.78, 5) is 24.2. The smallest absolute Gasteiger partial charge is 0.257 e. The van der Waals surface area contributed by atoms with Crippen LogP contribution in [0.1, 0.15) is 36.2 Å². The van der Waals surface area contributed by atoms with Crippen molar-refractivity contribution in [3.8, 4) is 5.75 Å². The number of hydrogen-bond donors (Lipinski definition) is 3. The third-order valence-corrected chi connectivity index (χ3v) is 4.62. The molecule has 0 aliphatic carbocycles. The Labute approximate surface area is 184 Å². The fourth-order valence-corrected chi connectivity index (χ4v) is 2.95. The van der Waals surface area contributed by atoms with Gasteiger partial charge in [0, 0.05) is 12.0 Å². The highest BCUT2D eigenvalue weighted by Crippen LogP contribution is 2.26. The van der Waals surface area contributed by atoms with Crippen LogP contribution in [-0.2, 0) is 11.2 Å². The molecule has 0 fully saturated rings. The van der Waals surface area contributed by atoms with Gasteiger partial charge in [-0.25, -0.2) is 0 Å². The van der Waals surface area contributed by atoms with E-state index in [0.29, 0.717) is 41.2 Å². The first-order valence-electron chi connectivity index (χ1n) is 9.21. The number of ether oxygens (including phenoxy) is 1. The van der Waals surface area contributed by atoms with E-state index < -0.39 is 5.91 Å². The number of carbonyl (C=O) groups excluding carboxylic acids is 2. The third-order valence-electron chi connectivity index (χ3n) is 3.79. The number of benzene rings is 2. The van der Waals surface area contributed by atoms with Crippen LogP contribution in [0, 0.1) is 5.92 Å². The normalized spacial score (nSPS) is 10.3. The van der Waals surface area contributed by atoms with E-state index in [4.69, 9.17) is 17.0 Å². The molecule has 2 rings (SSSR count). The second-order valence-corrected chi connectivity index (χ2v) is 8.05. The van der Waals surface area contributed by atoms with E-state index in [-0.39, 0.29) is 11.0 Å². The monoisotopic (exact) mass is 477 g/mol. The van der Waals surface area contributed by atoms with Crippen molar-refractivity contribution in [1.82, 2.24) is 16.2 Å². The zero-order valence-electron chi connectivity index (χ0n) is 16.3. The lowest BCUT2D eigenvalue weighted by Crippen LogP contribution is -2.48. The summed E-state index contributed by atoms with van der Waals surface area (Å²) in [6.07, 6.45) is 0.922. The quantitative estimate of drug-likeness (QED) is 0.417. The summed E-state index contributed by atoms with van der Waals surface area (Å²) in [5.41, 5.74) is 6.51. The molecule has 2 aromatic rings. The highest BCUT2D eigenvalue weighted by Gasteiger charge is 2.12. The Morgan fingerprint density at radius 2 is 1.83 bits per heavy atom. The van der Waals surface area contributed by atoms with Crippen molar-refractivity contribution in [1.29, 1.82) is 0 Å². The largest absolute Gasteiger partial charge is 0.492 e. The first-order chi connectivity index (χ1) is 13.8. The molecule has 3 N–H and O–H groups in total. The Hall–Kier alpha value is -2.45. The zero-order chi connectivity index (χ0) is 21.2. The minimum atomic E-state index is -0.392. The average molecular weight is 478 g/mol. The summed E-state index contributed by atoms with van der Waals surface area (Å²) >= 11 is 8.47. The molecule has 0 saturated heterocycles. The van der Waals surface area contributed by atoms with Gasteiger partial charge in [-0.3, -0.25) is 25.8 Å². The Kier molecular flexibility index (Phi) is 9.08. The third kappa shape index (κ3) is 8.21. The van der Waals surface area contributed by atoms with E-state index in [2.05, 4.69) is 45.9 Å². The number of aryl methyl sites for hydroxylation is 1. The van der Waals surface area contributed by atoms with Crippen LogP contribution in [-0.4, -0.2) is 23.5 Å². The predicted molar refractivity (Wildman–Crippen MR) is 121 cm³/mol. The molecule has 0 bridgehead atoms. The maximum absolute atomic E-state index is 12.3. The molecule has 2 aromatic carbocycles. The van der Waals surface area contributed by atoms with Gasteiger partial charge in [-0.15, -0.1) is 0 Å². The van der Waals surface area contributed by atoms with Gasteiger partial charge in [-0.1, -0.05) is 44.2 Å². The lowest BCUT2D eigenvalue weighted by atomic mass is 10.1. The van der Waals surface area contributed by atoms with Gasteiger partial charge >= 0.3 is 0 Å². The molecule has 0 radical (unpaired) electrons. The van der Waals surface area contributed by atoms with Crippen molar-refractivity contribution in [3.63, 3.8) is 0 Å². The van der Waals surface area contributed by atoms with Crippen molar-refractivity contribution in [2.75, 3.05) is 6.61 Å². The number of amides is 2. The van der Waals surface area contributed by atoms with Crippen molar-refractivity contribution in [2.24, 2.45) is 5.92 Å². The highest BCUT2D eigenvalue weighted by molar-refractivity contribution is 9.10. The number of nitrogens with one attached hydrogen (secondary N) is 3. The number of hydrogen-bond acceptors (Lipinski definition) is 4. The van der Waals surface area contributed by atoms with Gasteiger partial charge in [-0.2, -0.15) is 0 Å². The molecule has 154 valence electrons. The minimum absolute atomic E-state index is 0.0133. The van der Waals surface area contributed by atoms with Crippen molar-refractivity contribution in [2.45, 2.75) is 26.7 Å². The molecule has 6 nitrogen and oxygen atoms in total. The molecule has 0 heterocycles. The van der Waals surface area contributed by atoms with Gasteiger partial charge < -0.3 is 4.74 Å². The average Bonchev–Trinajstić information content (AvgIpc) is 2.70. The van der Waals surface area contributed by atoms with E-state index in [1.807, 2.05) is 30.3 Å². The van der Waals surface area contributed by atoms with E-state index >= 15 is 0 Å². The maximum atomic E-state index is 12.3. The Morgan fingerprint density at radius 1 is 1.10 bits per heavy atom. The topological polar surface area (TPSA) is 79.5 Å². The fourth-order valence-electron chi connectivity index (χ4n) is 2.31. The second kappa shape index (κ2) is 11.5. The zero-order valence-corrected chi connectivity index (χ0v) is 18.7. The SMILES string of the molecule is CC(C)COc1ccc(C(=O)NC(=S)NNC(=O)CCc2ccccc2)cc1Br. The fraction of sp³-hybridized carbons (Fsp3) is 0.286. The van der Waals surface area contributed by atoms with Gasteiger partial charge in [0.05, 0.1) is 11.1 Å². The van der Waals surface area contributed by atoms with Crippen LogP contribution in [0.15, 0.2) is 53.0 Å². The van der Waals surface area contributed by atoms with Crippen molar-refractivity contribution in [3.05, 3.63) is 64.1 Å². The van der Waals surface area contributed by atoms with Gasteiger partial charge in [0.2, 0.25) is 5.91 Å². The summed E-state index contributed by atoms with van der Waals surface area (Å²) in [7, 11) is 0. The predicted octanol–water partition coefficient (Wildman–Crippen LogP) is 3.75. The molecule has 0 aromatic heterocycles. The van der Waals surface area contributed by atoms with Gasteiger partial charge in [-0.05, 0) is 64.2 Å². The molecule has 0 aliphatic heterocycles. The highest BCUT2D eigenvalue weighted by atomic mass is 79.9. The Bertz CT molecular complexity index is 860. The van der Waals surface area contributed by atoms with Crippen molar-refractivity contribution < 1.29 is 14.3 Å². The maximum Gasteiger partial charge on any atom is 0.257 e. The molecule has 2 amide bonds. The van der Waals surface area contributed by atoms with Crippen LogP contribution in [0.4, 0.5) is 0 Å². The summed E-state index contributed by atoms with van der Waals surface area (Å²) in [6.45, 7) is 4.70.